The Morgan fingerprint density at radius 3 is 2.10 bits per heavy atom. The second kappa shape index (κ2) is 6.91. The Balaban J connectivity index is 2.04. The van der Waals surface area contributed by atoms with Gasteiger partial charge in [0.15, 0.2) is 0 Å². The molecule has 112 valence electrons. The topological polar surface area (TPSA) is 20.2 Å². The molecule has 1 heteroatoms. The van der Waals surface area contributed by atoms with Crippen LogP contribution in [0.1, 0.15) is 47.1 Å². The van der Waals surface area contributed by atoms with Gasteiger partial charge in [-0.3, -0.25) is 0 Å². The van der Waals surface area contributed by atoms with Crippen LogP contribution in [-0.2, 0) is 6.42 Å². The van der Waals surface area contributed by atoms with E-state index in [-0.39, 0.29) is 6.10 Å². The second-order valence-electron chi connectivity index (χ2n) is 6.28. The Kier molecular flexibility index (Phi) is 5.19. The minimum Gasteiger partial charge on any atom is -0.393 e. The zero-order valence-electron chi connectivity index (χ0n) is 13.6. The Morgan fingerprint density at radius 2 is 1.52 bits per heavy atom. The molecule has 0 heterocycles. The van der Waals surface area contributed by atoms with Crippen molar-refractivity contribution in [3.8, 4) is 0 Å². The molecule has 2 atom stereocenters. The summed E-state index contributed by atoms with van der Waals surface area (Å²) in [5.41, 5.74) is 6.47. The van der Waals surface area contributed by atoms with Crippen molar-refractivity contribution < 1.29 is 5.11 Å². The first-order chi connectivity index (χ1) is 9.97. The molecule has 1 nitrogen and oxygen atoms in total. The lowest BCUT2D eigenvalue weighted by atomic mass is 9.89. The minimum absolute atomic E-state index is 0.291. The smallest absolute Gasteiger partial charge is 0.0586 e. The molecule has 1 N–H and O–H groups in total. The van der Waals surface area contributed by atoms with Crippen LogP contribution in [-0.4, -0.2) is 11.2 Å². The summed E-state index contributed by atoms with van der Waals surface area (Å²) in [5.74, 6) is 0.382. The molecule has 2 aromatic rings. The van der Waals surface area contributed by atoms with E-state index in [1.54, 1.807) is 0 Å². The predicted octanol–water partition coefficient (Wildman–Crippen LogP) is 4.71. The van der Waals surface area contributed by atoms with Crippen molar-refractivity contribution in [1.29, 1.82) is 0 Å². The molecule has 2 rings (SSSR count). The molecule has 0 saturated carbocycles. The summed E-state index contributed by atoms with van der Waals surface area (Å²) in [6, 6.07) is 14.8. The quantitative estimate of drug-likeness (QED) is 0.842. The third-order valence-corrected chi connectivity index (χ3v) is 4.27. The fourth-order valence-corrected chi connectivity index (χ4v) is 3.18. The Labute approximate surface area is 128 Å². The van der Waals surface area contributed by atoms with Crippen LogP contribution >= 0.6 is 0 Å². The molecule has 0 saturated heterocycles. The van der Waals surface area contributed by atoms with E-state index in [4.69, 9.17) is 0 Å². The first-order valence-corrected chi connectivity index (χ1v) is 7.77. The number of hydrogen-bond donors (Lipinski definition) is 1. The van der Waals surface area contributed by atoms with Crippen molar-refractivity contribution in [2.45, 2.75) is 52.6 Å². The number of aryl methyl sites for hydroxylation is 3. The van der Waals surface area contributed by atoms with Gasteiger partial charge in [-0.1, -0.05) is 55.0 Å². The van der Waals surface area contributed by atoms with Gasteiger partial charge >= 0.3 is 0 Å². The van der Waals surface area contributed by atoms with Crippen LogP contribution < -0.4 is 0 Å². The molecule has 0 radical (unpaired) electrons. The largest absolute Gasteiger partial charge is 0.393 e. The Morgan fingerprint density at radius 1 is 0.952 bits per heavy atom. The summed E-state index contributed by atoms with van der Waals surface area (Å²) < 4.78 is 0. The number of hydrogen-bond acceptors (Lipinski definition) is 1. The zero-order chi connectivity index (χ0) is 15.4. The number of rotatable bonds is 5. The monoisotopic (exact) mass is 282 g/mol. The average Bonchev–Trinajstić information content (AvgIpc) is 2.43. The second-order valence-corrected chi connectivity index (χ2v) is 6.28. The molecule has 0 spiro atoms. The summed E-state index contributed by atoms with van der Waals surface area (Å²) >= 11 is 0. The molecule has 0 bridgehead atoms. The lowest BCUT2D eigenvalue weighted by Crippen LogP contribution is -2.15. The normalized spacial score (nSPS) is 14.0. The van der Waals surface area contributed by atoms with E-state index in [1.165, 1.54) is 27.8 Å². The van der Waals surface area contributed by atoms with E-state index in [9.17, 15) is 5.11 Å². The molecular weight excluding hydrogens is 256 g/mol. The van der Waals surface area contributed by atoms with Gasteiger partial charge in [-0.2, -0.15) is 0 Å². The molecule has 0 amide bonds. The fourth-order valence-electron chi connectivity index (χ4n) is 3.18. The van der Waals surface area contributed by atoms with Crippen LogP contribution in [0.25, 0.3) is 0 Å². The molecule has 2 aromatic carbocycles. The van der Waals surface area contributed by atoms with Gasteiger partial charge < -0.3 is 5.11 Å². The maximum absolute atomic E-state index is 10.5. The summed E-state index contributed by atoms with van der Waals surface area (Å²) in [6.07, 6.45) is 1.26. The Bertz CT molecular complexity index is 563. The summed E-state index contributed by atoms with van der Waals surface area (Å²) in [5, 5.41) is 10.5. The van der Waals surface area contributed by atoms with Gasteiger partial charge in [-0.15, -0.1) is 0 Å². The van der Waals surface area contributed by atoms with Crippen molar-refractivity contribution in [1.82, 2.24) is 0 Å². The van der Waals surface area contributed by atoms with Crippen LogP contribution in [0.3, 0.4) is 0 Å². The molecule has 0 aliphatic rings. The summed E-state index contributed by atoms with van der Waals surface area (Å²) in [4.78, 5) is 0. The van der Waals surface area contributed by atoms with E-state index in [1.807, 2.05) is 6.07 Å². The highest BCUT2D eigenvalue weighted by Crippen LogP contribution is 2.24. The lowest BCUT2D eigenvalue weighted by molar-refractivity contribution is 0.157. The highest BCUT2D eigenvalue weighted by atomic mass is 16.3. The van der Waals surface area contributed by atoms with Crippen LogP contribution in [0.2, 0.25) is 0 Å². The van der Waals surface area contributed by atoms with Gasteiger partial charge in [0, 0.05) is 0 Å². The van der Waals surface area contributed by atoms with Crippen LogP contribution in [0, 0.1) is 20.8 Å². The van der Waals surface area contributed by atoms with Gasteiger partial charge in [-0.05, 0) is 61.8 Å². The summed E-state index contributed by atoms with van der Waals surface area (Å²) in [6.45, 7) is 8.59. The minimum atomic E-state index is -0.291. The molecule has 21 heavy (non-hydrogen) atoms. The highest BCUT2D eigenvalue weighted by molar-refractivity contribution is 5.38. The third-order valence-electron chi connectivity index (χ3n) is 4.27. The van der Waals surface area contributed by atoms with Crippen molar-refractivity contribution in [3.05, 3.63) is 70.3 Å². The first kappa shape index (κ1) is 15.8. The maximum Gasteiger partial charge on any atom is 0.0586 e. The number of aliphatic hydroxyl groups excluding tert-OH is 1. The van der Waals surface area contributed by atoms with Gasteiger partial charge in [0.1, 0.15) is 0 Å². The first-order valence-electron chi connectivity index (χ1n) is 7.77. The van der Waals surface area contributed by atoms with Crippen molar-refractivity contribution >= 4 is 0 Å². The lowest BCUT2D eigenvalue weighted by Gasteiger charge is -2.19. The van der Waals surface area contributed by atoms with E-state index in [2.05, 4.69) is 64.1 Å². The van der Waals surface area contributed by atoms with E-state index in [0.717, 1.165) is 12.8 Å². The fraction of sp³-hybridized carbons (Fsp3) is 0.400. The highest BCUT2D eigenvalue weighted by Gasteiger charge is 2.15. The average molecular weight is 282 g/mol. The molecule has 0 aliphatic carbocycles. The molecule has 0 aromatic heterocycles. The van der Waals surface area contributed by atoms with Gasteiger partial charge in [0.05, 0.1) is 6.10 Å². The molecule has 0 fully saturated rings. The zero-order valence-corrected chi connectivity index (χ0v) is 13.6. The van der Waals surface area contributed by atoms with Crippen LogP contribution in [0.15, 0.2) is 42.5 Å². The van der Waals surface area contributed by atoms with E-state index >= 15 is 0 Å². The van der Waals surface area contributed by atoms with Crippen molar-refractivity contribution in [2.24, 2.45) is 0 Å². The van der Waals surface area contributed by atoms with Gasteiger partial charge in [-0.25, -0.2) is 0 Å². The number of aliphatic hydroxyl groups is 1. The Hall–Kier alpha value is -1.60. The van der Waals surface area contributed by atoms with E-state index in [0.29, 0.717) is 5.92 Å². The van der Waals surface area contributed by atoms with Crippen molar-refractivity contribution in [3.63, 3.8) is 0 Å². The van der Waals surface area contributed by atoms with Crippen LogP contribution in [0.5, 0.6) is 0 Å². The van der Waals surface area contributed by atoms with Gasteiger partial charge in [0.25, 0.3) is 0 Å². The molecular formula is C20H26O. The summed E-state index contributed by atoms with van der Waals surface area (Å²) in [7, 11) is 0. The number of benzene rings is 2. The predicted molar refractivity (Wildman–Crippen MR) is 89.8 cm³/mol. The SMILES string of the molecule is Cc1cc(C)c(CC(O)CC(C)c2ccccc2)c(C)c1. The standard InChI is InChI=1S/C20H26O/c1-14-10-16(3)20(17(4)11-14)13-19(21)12-15(2)18-8-6-5-7-9-18/h5-11,15,19,21H,12-13H2,1-4H3. The van der Waals surface area contributed by atoms with Crippen molar-refractivity contribution in [2.75, 3.05) is 0 Å². The third kappa shape index (κ3) is 4.18. The van der Waals surface area contributed by atoms with E-state index < -0.39 is 0 Å². The van der Waals surface area contributed by atoms with Gasteiger partial charge in [0.2, 0.25) is 0 Å². The molecule has 0 aliphatic heterocycles. The molecule has 2 unspecified atom stereocenters. The maximum atomic E-state index is 10.5. The van der Waals surface area contributed by atoms with Crippen LogP contribution in [0.4, 0.5) is 0 Å².